The molecule has 204 valence electrons. The van der Waals surface area contributed by atoms with Gasteiger partial charge in [0.1, 0.15) is 0 Å². The van der Waals surface area contributed by atoms with Crippen LogP contribution in [-0.4, -0.2) is 26.4 Å². The minimum absolute atomic E-state index is 0.550. The van der Waals surface area contributed by atoms with Crippen LogP contribution in [0, 0.1) is 41.5 Å². The number of hydrogen-bond donors (Lipinski definition) is 2. The number of aryl methyl sites for hydroxylation is 6. The van der Waals surface area contributed by atoms with Crippen LogP contribution in [0.4, 0.5) is 11.4 Å². The highest BCUT2D eigenvalue weighted by molar-refractivity contribution is 8.10. The van der Waals surface area contributed by atoms with Crippen LogP contribution in [0.2, 0.25) is 0 Å². The maximum Gasteiger partial charge on any atom is 0.287 e. The molecule has 0 bridgehead atoms. The lowest BCUT2D eigenvalue weighted by atomic mass is 10.1. The van der Waals surface area contributed by atoms with Gasteiger partial charge in [-0.3, -0.25) is 0 Å². The van der Waals surface area contributed by atoms with E-state index < -0.39 is 13.3 Å². The minimum atomic E-state index is -2.43. The van der Waals surface area contributed by atoms with Gasteiger partial charge in [-0.15, -0.1) is 0 Å². The molecule has 0 aromatic heterocycles. The van der Waals surface area contributed by atoms with Gasteiger partial charge < -0.3 is 28.3 Å². The van der Waals surface area contributed by atoms with Crippen molar-refractivity contribution < 1.29 is 18.1 Å². The van der Waals surface area contributed by atoms with E-state index >= 15 is 0 Å². The van der Waals surface area contributed by atoms with E-state index in [-0.39, 0.29) is 0 Å². The van der Waals surface area contributed by atoms with Gasteiger partial charge in [0.05, 0.1) is 26.4 Å². The molecule has 2 rings (SSSR count). The number of hydrogen-bond acceptors (Lipinski definition) is 6. The van der Waals surface area contributed by atoms with Crippen LogP contribution in [0.25, 0.3) is 0 Å². The fraction of sp³-hybridized carbons (Fsp3) is 0.538. The second kappa shape index (κ2) is 15.6. The minimum Gasteiger partial charge on any atom is -0.315 e. The largest absolute Gasteiger partial charge is 0.315 e. The first kappa shape index (κ1) is 33.2. The Hall–Kier alpha value is -0.820. The van der Waals surface area contributed by atoms with Crippen LogP contribution in [0.5, 0.6) is 0 Å². The zero-order valence-electron chi connectivity index (χ0n) is 23.5. The molecule has 0 aliphatic rings. The summed E-state index contributed by atoms with van der Waals surface area (Å²) in [7, 11) is 0. The third kappa shape index (κ3) is 10.5. The molecule has 0 radical (unpaired) electrons. The molecule has 0 amide bonds. The number of rotatable bonds is 12. The molecule has 0 aliphatic carbocycles. The van der Waals surface area contributed by atoms with Crippen molar-refractivity contribution in [3.63, 3.8) is 0 Å². The average molecular weight is 575 g/mol. The first-order chi connectivity index (χ1) is 16.8. The molecule has 2 N–H and O–H groups in total. The predicted molar refractivity (Wildman–Crippen MR) is 164 cm³/mol. The van der Waals surface area contributed by atoms with E-state index in [2.05, 4.69) is 76.0 Å². The zero-order chi connectivity index (χ0) is 27.5. The molecule has 0 heterocycles. The lowest BCUT2D eigenvalue weighted by molar-refractivity contribution is 0.270. The number of benzene rings is 2. The van der Waals surface area contributed by atoms with Gasteiger partial charge in [-0.1, -0.05) is 35.4 Å². The fourth-order valence-electron chi connectivity index (χ4n) is 3.87. The Labute approximate surface area is 229 Å². The molecule has 10 heteroatoms. The third-order valence-electron chi connectivity index (χ3n) is 5.05. The summed E-state index contributed by atoms with van der Waals surface area (Å²) in [5.74, 6) is 0. The summed E-state index contributed by atoms with van der Waals surface area (Å²) in [5, 5.41) is 6.60. The molecular weight excluding hydrogens is 530 g/mol. The van der Waals surface area contributed by atoms with Crippen molar-refractivity contribution in [3.8, 4) is 0 Å². The predicted octanol–water partition coefficient (Wildman–Crippen LogP) is 8.64. The third-order valence-corrected chi connectivity index (χ3v) is 10.2. The summed E-state index contributed by atoms with van der Waals surface area (Å²) in [6.07, 6.45) is 0. The van der Waals surface area contributed by atoms with Crippen molar-refractivity contribution in [2.24, 2.45) is 0 Å². The van der Waals surface area contributed by atoms with E-state index in [0.717, 1.165) is 11.4 Å². The van der Waals surface area contributed by atoms with Gasteiger partial charge in [0.25, 0.3) is 13.3 Å². The molecule has 0 atom stereocenters. The quantitative estimate of drug-likeness (QED) is 0.244. The van der Waals surface area contributed by atoms with E-state index in [4.69, 9.17) is 41.7 Å². The molecular formula is C26H44N2O4P2S2. The number of anilines is 2. The molecule has 0 unspecified atom stereocenters. The second-order valence-corrected chi connectivity index (χ2v) is 14.8. The standard InChI is InChI=1S/2C13H22NO2PS/c2*1-6-15-17(18,16-7-2)14-13-11(4)8-10(3)9-12(13)5/h2*8-9H,6-7H2,1-5H3,(H,14,18). The average Bonchev–Trinajstić information content (AvgIpc) is 2.75. The highest BCUT2D eigenvalue weighted by Gasteiger charge is 2.21. The van der Waals surface area contributed by atoms with Crippen LogP contribution >= 0.6 is 13.3 Å². The Morgan fingerprint density at radius 1 is 0.528 bits per heavy atom. The van der Waals surface area contributed by atoms with Crippen molar-refractivity contribution in [1.29, 1.82) is 0 Å². The summed E-state index contributed by atoms with van der Waals surface area (Å²) >= 11 is 11.0. The van der Waals surface area contributed by atoms with E-state index in [1.54, 1.807) is 0 Å². The Bertz CT molecular complexity index is 944. The van der Waals surface area contributed by atoms with Gasteiger partial charge in [0, 0.05) is 11.4 Å². The first-order valence-electron chi connectivity index (χ1n) is 12.3. The fourth-order valence-corrected chi connectivity index (χ4v) is 8.70. The van der Waals surface area contributed by atoms with E-state index in [1.165, 1.54) is 33.4 Å². The van der Waals surface area contributed by atoms with Crippen molar-refractivity contribution in [1.82, 2.24) is 0 Å². The Balaban J connectivity index is 0.000000360. The molecule has 0 spiro atoms. The summed E-state index contributed by atoms with van der Waals surface area (Å²) in [4.78, 5) is 0. The smallest absolute Gasteiger partial charge is 0.287 e. The highest BCUT2D eigenvalue weighted by atomic mass is 32.5. The summed E-state index contributed by atoms with van der Waals surface area (Å²) in [6.45, 7) is 17.5. The van der Waals surface area contributed by atoms with Gasteiger partial charge >= 0.3 is 0 Å². The lowest BCUT2D eigenvalue weighted by Crippen LogP contribution is -2.07. The van der Waals surface area contributed by atoms with Crippen LogP contribution in [0.3, 0.4) is 0 Å². The Morgan fingerprint density at radius 3 is 0.944 bits per heavy atom. The molecule has 36 heavy (non-hydrogen) atoms. The van der Waals surface area contributed by atoms with Gasteiger partial charge in [-0.25, -0.2) is 0 Å². The van der Waals surface area contributed by atoms with E-state index in [9.17, 15) is 0 Å². The maximum absolute atomic E-state index is 5.61. The van der Waals surface area contributed by atoms with Crippen molar-refractivity contribution in [2.75, 3.05) is 36.6 Å². The van der Waals surface area contributed by atoms with Crippen molar-refractivity contribution >= 4 is 48.3 Å². The Kier molecular flexibility index (Phi) is 14.4. The van der Waals surface area contributed by atoms with Gasteiger partial charge in [0.15, 0.2) is 0 Å². The summed E-state index contributed by atoms with van der Waals surface area (Å²) < 4.78 is 22.4. The number of nitrogens with one attached hydrogen (secondary N) is 2. The molecule has 6 nitrogen and oxygen atoms in total. The van der Waals surface area contributed by atoms with Crippen LogP contribution < -0.4 is 10.2 Å². The monoisotopic (exact) mass is 574 g/mol. The first-order valence-corrected chi connectivity index (χ1v) is 17.6. The molecule has 0 fully saturated rings. The van der Waals surface area contributed by atoms with Crippen LogP contribution in [-0.2, 0) is 41.7 Å². The van der Waals surface area contributed by atoms with Crippen LogP contribution in [0.15, 0.2) is 24.3 Å². The summed E-state index contributed by atoms with van der Waals surface area (Å²) in [5.41, 5.74) is 9.23. The molecule has 0 aliphatic heterocycles. The molecule has 2 aromatic carbocycles. The van der Waals surface area contributed by atoms with Gasteiger partial charge in [0.2, 0.25) is 0 Å². The topological polar surface area (TPSA) is 61.0 Å². The molecule has 0 saturated carbocycles. The highest BCUT2D eigenvalue weighted by Crippen LogP contribution is 2.50. The molecule has 0 saturated heterocycles. The Morgan fingerprint density at radius 2 is 0.750 bits per heavy atom. The zero-order valence-corrected chi connectivity index (χ0v) is 26.9. The maximum atomic E-state index is 5.61. The normalized spacial score (nSPS) is 11.6. The van der Waals surface area contributed by atoms with E-state index in [1.807, 2.05) is 27.7 Å². The SMILES string of the molecule is CCOP(=S)(Nc1c(C)cc(C)cc1C)OCC.CCOP(=S)(Nc1c(C)cc(C)cc1C)OCC. The summed E-state index contributed by atoms with van der Waals surface area (Å²) in [6, 6.07) is 8.53. The molecule has 2 aromatic rings. The van der Waals surface area contributed by atoms with Crippen LogP contribution in [0.1, 0.15) is 61.1 Å². The second-order valence-electron chi connectivity index (χ2n) is 8.44. The lowest BCUT2D eigenvalue weighted by Gasteiger charge is -2.25. The van der Waals surface area contributed by atoms with Crippen molar-refractivity contribution in [3.05, 3.63) is 57.6 Å². The van der Waals surface area contributed by atoms with E-state index in [0.29, 0.717) is 26.4 Å². The van der Waals surface area contributed by atoms with Crippen molar-refractivity contribution in [2.45, 2.75) is 69.2 Å². The van der Waals surface area contributed by atoms with Gasteiger partial charge in [-0.05, 0) is 115 Å². The van der Waals surface area contributed by atoms with Gasteiger partial charge in [-0.2, -0.15) is 0 Å².